The summed E-state index contributed by atoms with van der Waals surface area (Å²) in [6.07, 6.45) is 1.06. The number of amides is 1. The average Bonchev–Trinajstić information content (AvgIpc) is 2.66. The number of nitrogens with zero attached hydrogens (tertiary/aromatic N) is 1. The Balaban J connectivity index is 1.56. The van der Waals surface area contributed by atoms with Crippen molar-refractivity contribution in [3.8, 4) is 0 Å². The first-order chi connectivity index (χ1) is 13.2. The Kier molecular flexibility index (Phi) is 6.96. The summed E-state index contributed by atoms with van der Waals surface area (Å²) < 4.78 is 28.8. The molecule has 5 nitrogen and oxygen atoms in total. The van der Waals surface area contributed by atoms with Crippen molar-refractivity contribution in [1.29, 1.82) is 0 Å². The molecule has 1 saturated heterocycles. The van der Waals surface area contributed by atoms with Gasteiger partial charge in [0.15, 0.2) is 0 Å². The van der Waals surface area contributed by atoms with E-state index in [0.29, 0.717) is 25.9 Å². The lowest BCUT2D eigenvalue weighted by molar-refractivity contribution is -0.120. The van der Waals surface area contributed by atoms with Gasteiger partial charge in [-0.05, 0) is 61.2 Å². The Labute approximate surface area is 182 Å². The second-order valence-electron chi connectivity index (χ2n) is 7.01. The molecule has 1 N–H and O–H groups in total. The van der Waals surface area contributed by atoms with Crippen molar-refractivity contribution >= 4 is 53.5 Å². The third-order valence-electron chi connectivity index (χ3n) is 4.91. The van der Waals surface area contributed by atoms with E-state index >= 15 is 0 Å². The van der Waals surface area contributed by atoms with Gasteiger partial charge in [0.25, 0.3) is 0 Å². The van der Waals surface area contributed by atoms with E-state index in [-0.39, 0.29) is 17.6 Å². The van der Waals surface area contributed by atoms with Gasteiger partial charge >= 0.3 is 0 Å². The van der Waals surface area contributed by atoms with E-state index in [9.17, 15) is 13.2 Å². The van der Waals surface area contributed by atoms with Crippen LogP contribution in [0.2, 0.25) is 0 Å². The first-order valence-electron chi connectivity index (χ1n) is 9.04. The first kappa shape index (κ1) is 21.5. The van der Waals surface area contributed by atoms with E-state index in [1.54, 1.807) is 0 Å². The van der Waals surface area contributed by atoms with Crippen LogP contribution in [0.3, 0.4) is 0 Å². The van der Waals surface area contributed by atoms with Crippen LogP contribution in [0.5, 0.6) is 0 Å². The van der Waals surface area contributed by atoms with E-state index < -0.39 is 10.0 Å². The minimum Gasteiger partial charge on any atom is -0.326 e. The zero-order valence-corrected chi connectivity index (χ0v) is 19.5. The summed E-state index contributed by atoms with van der Waals surface area (Å²) in [6, 6.07) is 13.0. The van der Waals surface area contributed by atoms with Crippen molar-refractivity contribution in [2.75, 3.05) is 18.4 Å². The van der Waals surface area contributed by atoms with E-state index in [0.717, 1.165) is 25.8 Å². The van der Waals surface area contributed by atoms with Crippen LogP contribution in [0.1, 0.15) is 24.0 Å². The summed E-state index contributed by atoms with van der Waals surface area (Å²) in [5, 5.41) is 2.95. The van der Waals surface area contributed by atoms with Crippen molar-refractivity contribution in [1.82, 2.24) is 4.31 Å². The number of halogens is 2. The molecule has 0 aliphatic carbocycles. The van der Waals surface area contributed by atoms with Crippen LogP contribution in [0.15, 0.2) is 51.4 Å². The number of anilines is 1. The van der Waals surface area contributed by atoms with Gasteiger partial charge in [-0.25, -0.2) is 12.7 Å². The number of piperidine rings is 1. The molecular formula is C20H22Br2N2O3S. The van der Waals surface area contributed by atoms with Crippen molar-refractivity contribution in [3.05, 3.63) is 62.5 Å². The van der Waals surface area contributed by atoms with Crippen LogP contribution in [-0.2, 0) is 20.6 Å². The molecule has 0 radical (unpaired) electrons. The second kappa shape index (κ2) is 9.07. The monoisotopic (exact) mass is 528 g/mol. The molecule has 0 aromatic heterocycles. The quantitative estimate of drug-likeness (QED) is 0.610. The van der Waals surface area contributed by atoms with Crippen molar-refractivity contribution < 1.29 is 13.2 Å². The predicted octanol–water partition coefficient (Wildman–Crippen LogP) is 4.70. The number of carbonyl (C=O) groups excluding carboxylic acids is 1. The SMILES string of the molecule is Cc1cc(NC(=O)C2CCN(S(=O)(=O)Cc3ccc(Br)cc3)CC2)ccc1Br. The van der Waals surface area contributed by atoms with Crippen LogP contribution in [0, 0.1) is 12.8 Å². The lowest BCUT2D eigenvalue weighted by atomic mass is 9.97. The number of hydrogen-bond acceptors (Lipinski definition) is 3. The normalized spacial score (nSPS) is 16.1. The molecule has 1 aliphatic rings. The van der Waals surface area contributed by atoms with Gasteiger partial charge < -0.3 is 5.32 Å². The van der Waals surface area contributed by atoms with Crippen molar-refractivity contribution in [2.45, 2.75) is 25.5 Å². The van der Waals surface area contributed by atoms with Crippen LogP contribution >= 0.6 is 31.9 Å². The highest BCUT2D eigenvalue weighted by Gasteiger charge is 2.31. The van der Waals surface area contributed by atoms with E-state index in [1.807, 2.05) is 49.4 Å². The summed E-state index contributed by atoms with van der Waals surface area (Å²) in [7, 11) is -3.39. The number of nitrogens with one attached hydrogen (secondary N) is 1. The second-order valence-corrected chi connectivity index (χ2v) is 10.7. The summed E-state index contributed by atoms with van der Waals surface area (Å²) in [6.45, 7) is 2.71. The molecule has 150 valence electrons. The maximum absolute atomic E-state index is 12.7. The standard InChI is InChI=1S/C20H22Br2N2O3S/c1-14-12-18(6-7-19(14)22)23-20(25)16-8-10-24(11-9-16)28(26,27)13-15-2-4-17(21)5-3-15/h2-7,12,16H,8-11,13H2,1H3,(H,23,25). The topological polar surface area (TPSA) is 66.5 Å². The highest BCUT2D eigenvalue weighted by atomic mass is 79.9. The molecule has 0 saturated carbocycles. The maximum atomic E-state index is 12.7. The summed E-state index contributed by atoms with van der Waals surface area (Å²) in [4.78, 5) is 12.5. The van der Waals surface area contributed by atoms with Gasteiger partial charge in [-0.2, -0.15) is 0 Å². The minimum atomic E-state index is -3.39. The molecule has 2 aromatic carbocycles. The van der Waals surface area contributed by atoms with Gasteiger partial charge in [-0.3, -0.25) is 4.79 Å². The fourth-order valence-corrected chi connectivity index (χ4v) is 5.32. The fraction of sp³-hybridized carbons (Fsp3) is 0.350. The molecule has 8 heteroatoms. The van der Waals surface area contributed by atoms with E-state index in [1.165, 1.54) is 4.31 Å². The van der Waals surface area contributed by atoms with Crippen LogP contribution in [-0.4, -0.2) is 31.7 Å². The number of rotatable bonds is 5. The Morgan fingerprint density at radius 2 is 1.75 bits per heavy atom. The molecule has 0 atom stereocenters. The molecule has 3 rings (SSSR count). The van der Waals surface area contributed by atoms with Gasteiger partial charge in [-0.15, -0.1) is 0 Å². The Morgan fingerprint density at radius 3 is 2.36 bits per heavy atom. The number of hydrogen-bond donors (Lipinski definition) is 1. The molecule has 1 fully saturated rings. The molecular weight excluding hydrogens is 508 g/mol. The summed E-state index contributed by atoms with van der Waals surface area (Å²) in [5.74, 6) is -0.246. The van der Waals surface area contributed by atoms with Gasteiger partial charge in [0.05, 0.1) is 5.75 Å². The highest BCUT2D eigenvalue weighted by molar-refractivity contribution is 9.10. The van der Waals surface area contributed by atoms with Crippen LogP contribution in [0.4, 0.5) is 5.69 Å². The van der Waals surface area contributed by atoms with Gasteiger partial charge in [0.1, 0.15) is 0 Å². The number of aryl methyl sites for hydroxylation is 1. The molecule has 0 unspecified atom stereocenters. The fourth-order valence-electron chi connectivity index (χ4n) is 3.25. The third-order valence-corrected chi connectivity index (χ3v) is 8.17. The largest absolute Gasteiger partial charge is 0.326 e. The molecule has 1 aliphatic heterocycles. The average molecular weight is 530 g/mol. The lowest BCUT2D eigenvalue weighted by Crippen LogP contribution is -2.41. The van der Waals surface area contributed by atoms with Crippen molar-refractivity contribution in [2.24, 2.45) is 5.92 Å². The minimum absolute atomic E-state index is 0.0185. The molecule has 0 spiro atoms. The lowest BCUT2D eigenvalue weighted by Gasteiger charge is -2.30. The summed E-state index contributed by atoms with van der Waals surface area (Å²) >= 11 is 6.80. The van der Waals surface area contributed by atoms with Crippen LogP contribution in [0.25, 0.3) is 0 Å². The molecule has 1 amide bonds. The number of benzene rings is 2. The maximum Gasteiger partial charge on any atom is 0.227 e. The Bertz CT molecular complexity index is 954. The Hall–Kier alpha value is -1.22. The van der Waals surface area contributed by atoms with Crippen LogP contribution < -0.4 is 5.32 Å². The van der Waals surface area contributed by atoms with Gasteiger partial charge in [0, 0.05) is 33.6 Å². The third kappa shape index (κ3) is 5.43. The van der Waals surface area contributed by atoms with E-state index in [2.05, 4.69) is 37.2 Å². The molecule has 1 heterocycles. The first-order valence-corrected chi connectivity index (χ1v) is 12.2. The van der Waals surface area contributed by atoms with Gasteiger partial charge in [0.2, 0.25) is 15.9 Å². The van der Waals surface area contributed by atoms with Gasteiger partial charge in [-0.1, -0.05) is 44.0 Å². The zero-order chi connectivity index (χ0) is 20.3. The van der Waals surface area contributed by atoms with E-state index in [4.69, 9.17) is 0 Å². The zero-order valence-electron chi connectivity index (χ0n) is 15.5. The smallest absolute Gasteiger partial charge is 0.227 e. The predicted molar refractivity (Wildman–Crippen MR) is 119 cm³/mol. The summed E-state index contributed by atoms with van der Waals surface area (Å²) in [5.41, 5.74) is 2.57. The Morgan fingerprint density at radius 1 is 1.11 bits per heavy atom. The molecule has 28 heavy (non-hydrogen) atoms. The molecule has 0 bridgehead atoms. The molecule has 2 aromatic rings. The number of sulfonamides is 1. The highest BCUT2D eigenvalue weighted by Crippen LogP contribution is 2.25. The van der Waals surface area contributed by atoms with Crippen molar-refractivity contribution in [3.63, 3.8) is 0 Å². The number of carbonyl (C=O) groups is 1.